The number of hydrogen-bond acceptors (Lipinski definition) is 7. The van der Waals surface area contributed by atoms with Crippen LogP contribution in [0.2, 0.25) is 0 Å². The number of amides is 1. The molecular formula is C30H34BN3O5. The molecule has 0 spiro atoms. The van der Waals surface area contributed by atoms with Crippen LogP contribution in [-0.2, 0) is 27.4 Å². The lowest BCUT2D eigenvalue weighted by molar-refractivity contribution is -0.145. The van der Waals surface area contributed by atoms with Gasteiger partial charge in [0.2, 0.25) is 0 Å². The number of rotatable bonds is 7. The number of esters is 1. The van der Waals surface area contributed by atoms with E-state index in [0.29, 0.717) is 43.1 Å². The highest BCUT2D eigenvalue weighted by molar-refractivity contribution is 6.59. The smallest absolute Gasteiger partial charge is 0.454 e. The predicted molar refractivity (Wildman–Crippen MR) is 149 cm³/mol. The van der Waals surface area contributed by atoms with Crippen molar-refractivity contribution in [1.29, 1.82) is 0 Å². The maximum atomic E-state index is 13.6. The van der Waals surface area contributed by atoms with E-state index in [1.807, 2.05) is 59.3 Å². The molecule has 2 heterocycles. The molecule has 1 amide bonds. The minimum atomic E-state index is -1.56. The van der Waals surface area contributed by atoms with E-state index in [9.17, 15) is 19.6 Å². The van der Waals surface area contributed by atoms with Crippen LogP contribution in [0.4, 0.5) is 0 Å². The molecular weight excluding hydrogens is 493 g/mol. The summed E-state index contributed by atoms with van der Waals surface area (Å²) < 4.78 is 5.62. The quantitative estimate of drug-likeness (QED) is 0.370. The summed E-state index contributed by atoms with van der Waals surface area (Å²) >= 11 is 0. The zero-order chi connectivity index (χ0) is 27.5. The first-order valence-electron chi connectivity index (χ1n) is 13.4. The van der Waals surface area contributed by atoms with Crippen LogP contribution in [-0.4, -0.2) is 65.1 Å². The maximum absolute atomic E-state index is 13.6. The molecule has 3 aliphatic rings. The van der Waals surface area contributed by atoms with Gasteiger partial charge in [0.15, 0.2) is 0 Å². The molecule has 1 aliphatic carbocycles. The monoisotopic (exact) mass is 527 g/mol. The van der Waals surface area contributed by atoms with Gasteiger partial charge in [0.05, 0.1) is 0 Å². The Labute approximate surface area is 229 Å². The Morgan fingerprint density at radius 3 is 2.67 bits per heavy atom. The molecule has 2 unspecified atom stereocenters. The van der Waals surface area contributed by atoms with Gasteiger partial charge in [-0.3, -0.25) is 4.79 Å². The average Bonchev–Trinajstić information content (AvgIpc) is 2.96. The SMILES string of the molecule is CN(Cc1ccccc1B(O)O)C1=CC2OC(=O)C=C(C(=O)N3CCC(c4cccc(CN)c4)CC3)C2C=C1. The Kier molecular flexibility index (Phi) is 8.02. The number of ether oxygens (including phenoxy) is 1. The first kappa shape index (κ1) is 26.9. The Balaban J connectivity index is 1.25. The third-order valence-corrected chi connectivity index (χ3v) is 7.92. The summed E-state index contributed by atoms with van der Waals surface area (Å²) in [4.78, 5) is 29.9. The molecule has 4 N–H and O–H groups in total. The van der Waals surface area contributed by atoms with Crippen molar-refractivity contribution in [1.82, 2.24) is 9.80 Å². The molecule has 0 saturated carbocycles. The second-order valence-corrected chi connectivity index (χ2v) is 10.4. The first-order valence-corrected chi connectivity index (χ1v) is 13.4. The molecule has 2 aromatic rings. The van der Waals surface area contributed by atoms with Gasteiger partial charge in [-0.1, -0.05) is 54.6 Å². The average molecular weight is 527 g/mol. The molecule has 5 rings (SSSR count). The van der Waals surface area contributed by atoms with Crippen LogP contribution in [0.1, 0.15) is 35.4 Å². The molecule has 202 valence electrons. The molecule has 8 nitrogen and oxygen atoms in total. The lowest BCUT2D eigenvalue weighted by Crippen LogP contribution is -2.43. The van der Waals surface area contributed by atoms with Gasteiger partial charge < -0.3 is 30.3 Å². The van der Waals surface area contributed by atoms with Crippen LogP contribution in [0.3, 0.4) is 0 Å². The maximum Gasteiger partial charge on any atom is 0.488 e. The van der Waals surface area contributed by atoms with Crippen molar-refractivity contribution in [3.8, 4) is 0 Å². The van der Waals surface area contributed by atoms with Crippen molar-refractivity contribution >= 4 is 24.5 Å². The van der Waals surface area contributed by atoms with Crippen LogP contribution in [0, 0.1) is 5.92 Å². The lowest BCUT2D eigenvalue weighted by atomic mass is 9.77. The van der Waals surface area contributed by atoms with Crippen LogP contribution in [0.5, 0.6) is 0 Å². The number of carbonyl (C=O) groups is 2. The number of nitrogens with zero attached hydrogens (tertiary/aromatic N) is 2. The van der Waals surface area contributed by atoms with Crippen molar-refractivity contribution in [2.45, 2.75) is 38.0 Å². The highest BCUT2D eigenvalue weighted by atomic mass is 16.5. The Morgan fingerprint density at radius 1 is 1.15 bits per heavy atom. The lowest BCUT2D eigenvalue weighted by Gasteiger charge is -2.37. The normalized spacial score (nSPS) is 21.0. The van der Waals surface area contributed by atoms with Crippen LogP contribution >= 0.6 is 0 Å². The highest BCUT2D eigenvalue weighted by Gasteiger charge is 2.38. The summed E-state index contributed by atoms with van der Waals surface area (Å²) in [6.45, 7) is 2.20. The summed E-state index contributed by atoms with van der Waals surface area (Å²) in [5.74, 6) is -0.601. The summed E-state index contributed by atoms with van der Waals surface area (Å²) in [6, 6.07) is 15.5. The summed E-state index contributed by atoms with van der Waals surface area (Å²) in [5.41, 5.74) is 10.7. The molecule has 2 atom stereocenters. The summed E-state index contributed by atoms with van der Waals surface area (Å²) in [6.07, 6.45) is 8.18. The summed E-state index contributed by atoms with van der Waals surface area (Å²) in [5, 5.41) is 19.4. The van der Waals surface area contributed by atoms with E-state index in [1.165, 1.54) is 11.6 Å². The van der Waals surface area contributed by atoms with Crippen LogP contribution < -0.4 is 11.2 Å². The first-order chi connectivity index (χ1) is 18.8. The van der Waals surface area contributed by atoms with Crippen molar-refractivity contribution < 1.29 is 24.4 Å². The van der Waals surface area contributed by atoms with E-state index in [4.69, 9.17) is 10.5 Å². The van der Waals surface area contributed by atoms with Gasteiger partial charge in [0, 0.05) is 56.5 Å². The minimum Gasteiger partial charge on any atom is -0.454 e. The third-order valence-electron chi connectivity index (χ3n) is 7.92. The van der Waals surface area contributed by atoms with Crippen molar-refractivity contribution in [3.05, 3.63) is 101 Å². The topological polar surface area (TPSA) is 116 Å². The number of hydrogen-bond donors (Lipinski definition) is 3. The van der Waals surface area contributed by atoms with E-state index < -0.39 is 19.2 Å². The zero-order valence-corrected chi connectivity index (χ0v) is 22.1. The Hall–Kier alpha value is -3.66. The molecule has 0 aromatic heterocycles. The van der Waals surface area contributed by atoms with Gasteiger partial charge in [-0.05, 0) is 53.1 Å². The molecule has 2 aromatic carbocycles. The van der Waals surface area contributed by atoms with Gasteiger partial charge in [-0.2, -0.15) is 0 Å². The van der Waals surface area contributed by atoms with E-state index in [0.717, 1.165) is 29.7 Å². The number of carbonyl (C=O) groups excluding carboxylic acids is 2. The fourth-order valence-corrected chi connectivity index (χ4v) is 5.73. The number of piperidine rings is 1. The minimum absolute atomic E-state index is 0.114. The van der Waals surface area contributed by atoms with Crippen LogP contribution in [0.25, 0.3) is 0 Å². The van der Waals surface area contributed by atoms with E-state index in [-0.39, 0.29) is 11.8 Å². The largest absolute Gasteiger partial charge is 0.488 e. The highest BCUT2D eigenvalue weighted by Crippen LogP contribution is 2.34. The predicted octanol–water partition coefficient (Wildman–Crippen LogP) is 1.58. The molecule has 1 saturated heterocycles. The van der Waals surface area contributed by atoms with E-state index >= 15 is 0 Å². The Morgan fingerprint density at radius 2 is 1.92 bits per heavy atom. The molecule has 0 bridgehead atoms. The fraction of sp³-hybridized carbons (Fsp3) is 0.333. The van der Waals surface area contributed by atoms with Gasteiger partial charge in [0.1, 0.15) is 6.10 Å². The fourth-order valence-electron chi connectivity index (χ4n) is 5.73. The third kappa shape index (κ3) is 5.85. The van der Waals surface area contributed by atoms with Gasteiger partial charge >= 0.3 is 13.1 Å². The van der Waals surface area contributed by atoms with E-state index in [1.54, 1.807) is 12.1 Å². The second kappa shape index (κ2) is 11.6. The molecule has 39 heavy (non-hydrogen) atoms. The molecule has 1 fully saturated rings. The molecule has 0 radical (unpaired) electrons. The number of fused-ring (bicyclic) bond motifs is 1. The summed E-state index contributed by atoms with van der Waals surface area (Å²) in [7, 11) is 0.325. The number of benzene rings is 2. The van der Waals surface area contributed by atoms with Gasteiger partial charge in [0.25, 0.3) is 5.91 Å². The molecule has 9 heteroatoms. The second-order valence-electron chi connectivity index (χ2n) is 10.4. The zero-order valence-electron chi connectivity index (χ0n) is 22.1. The number of nitrogens with two attached hydrogens (primary N) is 1. The van der Waals surface area contributed by atoms with Crippen molar-refractivity contribution in [2.75, 3.05) is 20.1 Å². The van der Waals surface area contributed by atoms with Gasteiger partial charge in [-0.25, -0.2) is 4.79 Å². The number of likely N-dealkylation sites (tertiary alicyclic amines) is 1. The van der Waals surface area contributed by atoms with Crippen LogP contribution in [0.15, 0.2) is 84.1 Å². The molecule has 2 aliphatic heterocycles. The van der Waals surface area contributed by atoms with E-state index in [2.05, 4.69) is 12.1 Å². The van der Waals surface area contributed by atoms with Crippen molar-refractivity contribution in [3.63, 3.8) is 0 Å². The number of allylic oxidation sites excluding steroid dienone is 1. The van der Waals surface area contributed by atoms with Gasteiger partial charge in [-0.15, -0.1) is 0 Å². The Bertz CT molecular complexity index is 1330. The number of likely N-dealkylation sites (N-methyl/N-ethyl adjacent to an activating group) is 1. The van der Waals surface area contributed by atoms with Crippen molar-refractivity contribution in [2.24, 2.45) is 11.7 Å². The standard InChI is InChI=1S/C30H34BN3O5/c1-33(19-23-6-2-3-8-27(23)31(37)38)24-9-10-25-26(17-29(35)39-28(25)16-24)30(36)34-13-11-21(12-14-34)22-7-4-5-20(15-22)18-32/h2-10,15-17,21,25,28,37-38H,11-14,18-19,32H2,1H3.